The number of aromatic nitrogens is 4. The maximum absolute atomic E-state index is 12.9. The van der Waals surface area contributed by atoms with E-state index in [1.54, 1.807) is 19.2 Å². The van der Waals surface area contributed by atoms with Crippen molar-refractivity contribution in [1.82, 2.24) is 20.6 Å². The molecule has 140 valence electrons. The molecule has 3 aromatic rings. The number of rotatable bonds is 8. The van der Waals surface area contributed by atoms with Gasteiger partial charge in [0.1, 0.15) is 17.4 Å². The van der Waals surface area contributed by atoms with Gasteiger partial charge in [0.15, 0.2) is 5.82 Å². The Hall–Kier alpha value is -3.42. The highest BCUT2D eigenvalue weighted by atomic mass is 16.5. The van der Waals surface area contributed by atoms with Gasteiger partial charge in [-0.25, -0.2) is 0 Å². The first-order valence-corrected chi connectivity index (χ1v) is 8.59. The number of carbonyl (C=O) groups excluding carboxylic acids is 1. The summed E-state index contributed by atoms with van der Waals surface area (Å²) < 4.78 is 10.7. The van der Waals surface area contributed by atoms with Gasteiger partial charge < -0.3 is 14.8 Å². The van der Waals surface area contributed by atoms with E-state index < -0.39 is 5.92 Å². The third-order valence-electron chi connectivity index (χ3n) is 4.00. The average molecular weight is 367 g/mol. The summed E-state index contributed by atoms with van der Waals surface area (Å²) >= 11 is 0. The predicted octanol–water partition coefficient (Wildman–Crippen LogP) is 2.57. The highest BCUT2D eigenvalue weighted by Gasteiger charge is 2.25. The average Bonchev–Trinajstić information content (AvgIpc) is 3.22. The zero-order valence-electron chi connectivity index (χ0n) is 15.2. The van der Waals surface area contributed by atoms with Crippen LogP contribution in [-0.4, -0.2) is 40.2 Å². The van der Waals surface area contributed by atoms with Crippen LogP contribution in [0.25, 0.3) is 0 Å². The molecule has 1 atom stereocenters. The number of nitrogens with zero attached hydrogens (tertiary/aromatic N) is 3. The van der Waals surface area contributed by atoms with Crippen LogP contribution in [0.15, 0.2) is 48.5 Å². The Morgan fingerprint density at radius 3 is 2.67 bits per heavy atom. The molecule has 1 unspecified atom stereocenters. The van der Waals surface area contributed by atoms with Crippen molar-refractivity contribution in [3.8, 4) is 11.5 Å². The van der Waals surface area contributed by atoms with Crippen LogP contribution in [0.4, 0.5) is 5.69 Å². The van der Waals surface area contributed by atoms with Crippen LogP contribution in [0.1, 0.15) is 24.2 Å². The second-order valence-electron chi connectivity index (χ2n) is 5.82. The summed E-state index contributed by atoms with van der Waals surface area (Å²) in [4.78, 5) is 12.9. The Balaban J connectivity index is 1.77. The fourth-order valence-corrected chi connectivity index (χ4v) is 2.68. The summed E-state index contributed by atoms with van der Waals surface area (Å²) in [6.45, 7) is 2.51. The van der Waals surface area contributed by atoms with Gasteiger partial charge in [-0.05, 0) is 55.3 Å². The molecule has 8 heteroatoms. The van der Waals surface area contributed by atoms with E-state index in [0.717, 1.165) is 17.1 Å². The van der Waals surface area contributed by atoms with E-state index in [9.17, 15) is 4.79 Å². The number of H-pyrrole nitrogens is 1. The van der Waals surface area contributed by atoms with E-state index in [1.165, 1.54) is 0 Å². The minimum atomic E-state index is -0.595. The van der Waals surface area contributed by atoms with Gasteiger partial charge in [-0.2, -0.15) is 5.21 Å². The number of benzene rings is 2. The number of nitrogens with one attached hydrogen (secondary N) is 2. The van der Waals surface area contributed by atoms with Crippen molar-refractivity contribution < 1.29 is 14.3 Å². The lowest BCUT2D eigenvalue weighted by atomic mass is 9.97. The molecule has 1 heterocycles. The Kier molecular flexibility index (Phi) is 5.98. The van der Waals surface area contributed by atoms with Crippen molar-refractivity contribution in [1.29, 1.82) is 0 Å². The van der Waals surface area contributed by atoms with Gasteiger partial charge in [0.05, 0.1) is 13.7 Å². The van der Waals surface area contributed by atoms with Gasteiger partial charge in [-0.3, -0.25) is 4.79 Å². The van der Waals surface area contributed by atoms with E-state index in [1.807, 2.05) is 43.3 Å². The zero-order valence-corrected chi connectivity index (χ0v) is 15.2. The van der Waals surface area contributed by atoms with E-state index in [2.05, 4.69) is 25.9 Å². The molecule has 3 rings (SSSR count). The molecule has 0 fully saturated rings. The van der Waals surface area contributed by atoms with E-state index in [0.29, 0.717) is 24.5 Å². The van der Waals surface area contributed by atoms with Crippen molar-refractivity contribution in [2.24, 2.45) is 0 Å². The fraction of sp³-hybridized carbons (Fsp3) is 0.263. The number of carbonyl (C=O) groups is 1. The van der Waals surface area contributed by atoms with Gasteiger partial charge in [-0.1, -0.05) is 17.3 Å². The first-order chi connectivity index (χ1) is 13.2. The van der Waals surface area contributed by atoms with Crippen LogP contribution < -0.4 is 14.8 Å². The van der Waals surface area contributed by atoms with Gasteiger partial charge in [-0.15, -0.1) is 10.2 Å². The summed E-state index contributed by atoms with van der Waals surface area (Å²) in [7, 11) is 1.61. The van der Waals surface area contributed by atoms with Crippen LogP contribution in [-0.2, 0) is 11.2 Å². The third kappa shape index (κ3) is 4.81. The van der Waals surface area contributed by atoms with E-state index in [-0.39, 0.29) is 5.91 Å². The molecule has 1 amide bonds. The first kappa shape index (κ1) is 18.4. The smallest absolute Gasteiger partial charge is 0.235 e. The van der Waals surface area contributed by atoms with Crippen molar-refractivity contribution in [3.63, 3.8) is 0 Å². The maximum atomic E-state index is 12.9. The van der Waals surface area contributed by atoms with E-state index >= 15 is 0 Å². The van der Waals surface area contributed by atoms with Gasteiger partial charge in [0.25, 0.3) is 0 Å². The minimum Gasteiger partial charge on any atom is -0.497 e. The molecular formula is C19H21N5O3. The van der Waals surface area contributed by atoms with Gasteiger partial charge in [0, 0.05) is 5.69 Å². The Labute approximate surface area is 156 Å². The molecule has 0 aliphatic rings. The molecule has 0 radical (unpaired) electrons. The molecule has 0 saturated carbocycles. The van der Waals surface area contributed by atoms with Crippen LogP contribution in [0, 0.1) is 0 Å². The lowest BCUT2D eigenvalue weighted by Crippen LogP contribution is -2.24. The minimum absolute atomic E-state index is 0.219. The number of hydrogen-bond acceptors (Lipinski definition) is 6. The van der Waals surface area contributed by atoms with Crippen LogP contribution in [0.5, 0.6) is 11.5 Å². The van der Waals surface area contributed by atoms with Gasteiger partial charge >= 0.3 is 0 Å². The van der Waals surface area contributed by atoms with Crippen LogP contribution in [0.2, 0.25) is 0 Å². The lowest BCUT2D eigenvalue weighted by molar-refractivity contribution is -0.117. The number of hydrogen-bond donors (Lipinski definition) is 2. The largest absolute Gasteiger partial charge is 0.497 e. The molecule has 0 bridgehead atoms. The molecule has 2 N–H and O–H groups in total. The molecule has 27 heavy (non-hydrogen) atoms. The summed E-state index contributed by atoms with van der Waals surface area (Å²) in [6.07, 6.45) is 0.416. The summed E-state index contributed by atoms with van der Waals surface area (Å²) in [5.74, 6) is 1.000. The Morgan fingerprint density at radius 1 is 1.19 bits per heavy atom. The highest BCUT2D eigenvalue weighted by Crippen LogP contribution is 2.23. The lowest BCUT2D eigenvalue weighted by Gasteiger charge is -2.14. The highest BCUT2D eigenvalue weighted by molar-refractivity contribution is 5.95. The Bertz CT molecular complexity index is 865. The van der Waals surface area contributed by atoms with Gasteiger partial charge in [0.2, 0.25) is 5.91 Å². The number of ether oxygens (including phenoxy) is 2. The van der Waals surface area contributed by atoms with Crippen molar-refractivity contribution in [2.75, 3.05) is 19.0 Å². The fourth-order valence-electron chi connectivity index (χ4n) is 2.68. The molecule has 8 nitrogen and oxygen atoms in total. The summed E-state index contributed by atoms with van der Waals surface area (Å²) in [5, 5.41) is 16.9. The standard InChI is InChI=1S/C19H21N5O3/c1-3-27-15-9-7-14(8-10-15)20-19(25)17(18-21-23-24-22-18)12-13-5-4-6-16(11-13)26-2/h4-11,17H,3,12H2,1-2H3,(H,20,25)(H,21,22,23,24). The van der Waals surface area contributed by atoms with Crippen LogP contribution >= 0.6 is 0 Å². The molecular weight excluding hydrogens is 346 g/mol. The quantitative estimate of drug-likeness (QED) is 0.634. The number of aromatic amines is 1. The predicted molar refractivity (Wildman–Crippen MR) is 99.9 cm³/mol. The van der Waals surface area contributed by atoms with Crippen molar-refractivity contribution in [3.05, 3.63) is 59.9 Å². The van der Waals surface area contributed by atoms with Crippen molar-refractivity contribution in [2.45, 2.75) is 19.3 Å². The number of anilines is 1. The zero-order chi connectivity index (χ0) is 19.1. The molecule has 0 saturated heterocycles. The summed E-state index contributed by atoms with van der Waals surface area (Å²) in [6, 6.07) is 14.8. The Morgan fingerprint density at radius 2 is 2.00 bits per heavy atom. The number of methoxy groups -OCH3 is 1. The molecule has 2 aromatic carbocycles. The molecule has 0 aliphatic carbocycles. The molecule has 0 spiro atoms. The first-order valence-electron chi connectivity index (χ1n) is 8.59. The number of amides is 1. The molecule has 0 aliphatic heterocycles. The normalized spacial score (nSPS) is 11.6. The van der Waals surface area contributed by atoms with E-state index in [4.69, 9.17) is 9.47 Å². The molecule has 1 aromatic heterocycles. The SMILES string of the molecule is CCOc1ccc(NC(=O)C(Cc2cccc(OC)c2)c2nn[nH]n2)cc1. The van der Waals surface area contributed by atoms with Crippen molar-refractivity contribution >= 4 is 11.6 Å². The number of tetrazole rings is 1. The maximum Gasteiger partial charge on any atom is 0.235 e. The second kappa shape index (κ2) is 8.79. The van der Waals surface area contributed by atoms with Crippen LogP contribution in [0.3, 0.4) is 0 Å². The second-order valence-corrected chi connectivity index (χ2v) is 5.82. The topological polar surface area (TPSA) is 102 Å². The summed E-state index contributed by atoms with van der Waals surface area (Å²) in [5.41, 5.74) is 1.61. The third-order valence-corrected chi connectivity index (χ3v) is 4.00. The monoisotopic (exact) mass is 367 g/mol.